The molecule has 1 atom stereocenters. The summed E-state index contributed by atoms with van der Waals surface area (Å²) in [5.41, 5.74) is 1.50. The van der Waals surface area contributed by atoms with Gasteiger partial charge in [0.15, 0.2) is 0 Å². The first-order valence-corrected chi connectivity index (χ1v) is 6.66. The molecule has 3 rings (SSSR count). The van der Waals surface area contributed by atoms with Crippen LogP contribution < -0.4 is 0 Å². The molecule has 1 aliphatic heterocycles. The number of amides is 1. The number of carbonyl (C=O) groups is 1. The van der Waals surface area contributed by atoms with Crippen LogP contribution in [0.5, 0.6) is 0 Å². The van der Waals surface area contributed by atoms with Gasteiger partial charge in [0, 0.05) is 30.2 Å². The molecule has 0 aliphatic carbocycles. The Bertz CT molecular complexity index is 658. The number of imidazole rings is 1. The minimum absolute atomic E-state index is 0.137. The van der Waals surface area contributed by atoms with Crippen molar-refractivity contribution in [1.29, 1.82) is 5.26 Å². The third-order valence-corrected chi connectivity index (χ3v) is 3.46. The maximum Gasteiger partial charge on any atom is 0.255 e. The molecule has 0 N–H and O–H groups in total. The van der Waals surface area contributed by atoms with Gasteiger partial charge in [0.1, 0.15) is 6.04 Å². The van der Waals surface area contributed by atoms with E-state index in [9.17, 15) is 4.79 Å². The van der Waals surface area contributed by atoms with Crippen molar-refractivity contribution < 1.29 is 9.53 Å². The highest BCUT2D eigenvalue weighted by atomic mass is 16.5. The Morgan fingerprint density at radius 1 is 1.38 bits per heavy atom. The summed E-state index contributed by atoms with van der Waals surface area (Å²) >= 11 is 0. The van der Waals surface area contributed by atoms with Gasteiger partial charge in [0.2, 0.25) is 0 Å². The molecule has 106 valence electrons. The Labute approximate surface area is 122 Å². The quantitative estimate of drug-likeness (QED) is 0.830. The summed E-state index contributed by atoms with van der Waals surface area (Å²) in [6, 6.07) is 8.84. The van der Waals surface area contributed by atoms with E-state index in [-0.39, 0.29) is 12.5 Å². The number of ether oxygens (including phenoxy) is 1. The first-order chi connectivity index (χ1) is 10.3. The molecule has 2 aromatic rings. The maximum atomic E-state index is 12.5. The summed E-state index contributed by atoms with van der Waals surface area (Å²) in [5.74, 6) is -0.137. The van der Waals surface area contributed by atoms with Crippen molar-refractivity contribution in [2.24, 2.45) is 0 Å². The first kappa shape index (κ1) is 13.3. The van der Waals surface area contributed by atoms with Crippen LogP contribution in [0.15, 0.2) is 43.0 Å². The maximum absolute atomic E-state index is 12.5. The van der Waals surface area contributed by atoms with E-state index < -0.39 is 6.04 Å². The molecule has 1 saturated heterocycles. The summed E-state index contributed by atoms with van der Waals surface area (Å²) in [7, 11) is 0. The van der Waals surface area contributed by atoms with Crippen molar-refractivity contribution in [3.8, 4) is 11.8 Å². The summed E-state index contributed by atoms with van der Waals surface area (Å²) in [5, 5.41) is 9.09. The molecule has 21 heavy (non-hydrogen) atoms. The molecule has 0 radical (unpaired) electrons. The Morgan fingerprint density at radius 3 is 2.86 bits per heavy atom. The van der Waals surface area contributed by atoms with Crippen molar-refractivity contribution in [2.75, 3.05) is 19.8 Å². The van der Waals surface area contributed by atoms with E-state index in [1.54, 1.807) is 29.6 Å². The third kappa shape index (κ3) is 2.64. The van der Waals surface area contributed by atoms with Crippen molar-refractivity contribution in [1.82, 2.24) is 14.5 Å². The molecule has 6 nitrogen and oxygen atoms in total. The number of morpholine rings is 1. The monoisotopic (exact) mass is 282 g/mol. The molecule has 2 heterocycles. The van der Waals surface area contributed by atoms with Crippen LogP contribution in [0.2, 0.25) is 0 Å². The summed E-state index contributed by atoms with van der Waals surface area (Å²) < 4.78 is 7.09. The smallest absolute Gasteiger partial charge is 0.255 e. The Morgan fingerprint density at radius 2 is 2.19 bits per heavy atom. The van der Waals surface area contributed by atoms with Crippen molar-refractivity contribution in [2.45, 2.75) is 6.04 Å². The fraction of sp³-hybridized carbons (Fsp3) is 0.267. The second-order valence-corrected chi connectivity index (χ2v) is 4.74. The number of nitriles is 1. The predicted molar refractivity (Wildman–Crippen MR) is 74.8 cm³/mol. The van der Waals surface area contributed by atoms with E-state index in [0.29, 0.717) is 18.7 Å². The minimum atomic E-state index is -0.514. The highest BCUT2D eigenvalue weighted by Gasteiger charge is 2.27. The van der Waals surface area contributed by atoms with E-state index in [1.165, 1.54) is 0 Å². The lowest BCUT2D eigenvalue weighted by Gasteiger charge is -2.31. The average molecular weight is 282 g/mol. The molecule has 1 aromatic carbocycles. The first-order valence-electron chi connectivity index (χ1n) is 6.66. The van der Waals surface area contributed by atoms with E-state index in [0.717, 1.165) is 5.69 Å². The number of carbonyl (C=O) groups excluding carboxylic acids is 1. The number of hydrogen-bond acceptors (Lipinski definition) is 4. The van der Waals surface area contributed by atoms with Crippen LogP contribution in [0.1, 0.15) is 10.4 Å². The Kier molecular flexibility index (Phi) is 3.67. The highest BCUT2D eigenvalue weighted by Crippen LogP contribution is 2.14. The SMILES string of the molecule is N#CC1COCCN1C(=O)c1ccc(-n2ccnc2)cc1. The van der Waals surface area contributed by atoms with E-state index in [4.69, 9.17) is 10.00 Å². The topological polar surface area (TPSA) is 71.2 Å². The molecule has 0 saturated carbocycles. The molecule has 1 unspecified atom stereocenters. The van der Waals surface area contributed by atoms with Gasteiger partial charge >= 0.3 is 0 Å². The van der Waals surface area contributed by atoms with Gasteiger partial charge in [0.25, 0.3) is 5.91 Å². The number of rotatable bonds is 2. The van der Waals surface area contributed by atoms with E-state index in [2.05, 4.69) is 11.1 Å². The lowest BCUT2D eigenvalue weighted by molar-refractivity contribution is 0.0132. The van der Waals surface area contributed by atoms with Crippen LogP contribution in [0.25, 0.3) is 5.69 Å². The van der Waals surface area contributed by atoms with Gasteiger partial charge in [-0.2, -0.15) is 5.26 Å². The number of benzene rings is 1. The molecule has 1 aliphatic rings. The zero-order valence-corrected chi connectivity index (χ0v) is 11.3. The van der Waals surface area contributed by atoms with Crippen molar-refractivity contribution >= 4 is 5.91 Å². The summed E-state index contributed by atoms with van der Waals surface area (Å²) in [6.07, 6.45) is 5.24. The molecular formula is C15H14N4O2. The van der Waals surface area contributed by atoms with Crippen LogP contribution in [0.3, 0.4) is 0 Å². The van der Waals surface area contributed by atoms with Gasteiger partial charge in [-0.3, -0.25) is 4.79 Å². The second kappa shape index (κ2) is 5.77. The molecule has 0 bridgehead atoms. The fourth-order valence-electron chi connectivity index (χ4n) is 2.31. The van der Waals surface area contributed by atoms with Gasteiger partial charge in [0.05, 0.1) is 25.6 Å². The standard InChI is InChI=1S/C15H14N4O2/c16-9-14-10-21-8-7-19(14)15(20)12-1-3-13(4-2-12)18-6-5-17-11-18/h1-6,11,14H,7-8,10H2. The average Bonchev–Trinajstić information content (AvgIpc) is 3.09. The van der Waals surface area contributed by atoms with Crippen LogP contribution in [0.4, 0.5) is 0 Å². The number of aromatic nitrogens is 2. The van der Waals surface area contributed by atoms with Gasteiger partial charge < -0.3 is 14.2 Å². The van der Waals surface area contributed by atoms with Gasteiger partial charge in [-0.05, 0) is 24.3 Å². The Balaban J connectivity index is 1.80. The van der Waals surface area contributed by atoms with Crippen LogP contribution in [0, 0.1) is 11.3 Å². The third-order valence-electron chi connectivity index (χ3n) is 3.46. The number of hydrogen-bond donors (Lipinski definition) is 0. The van der Waals surface area contributed by atoms with Crippen molar-refractivity contribution in [3.05, 3.63) is 48.5 Å². The largest absolute Gasteiger partial charge is 0.376 e. The fourth-order valence-corrected chi connectivity index (χ4v) is 2.31. The molecule has 1 amide bonds. The highest BCUT2D eigenvalue weighted by molar-refractivity contribution is 5.94. The van der Waals surface area contributed by atoms with Crippen LogP contribution >= 0.6 is 0 Å². The van der Waals surface area contributed by atoms with Crippen molar-refractivity contribution in [3.63, 3.8) is 0 Å². The Hall–Kier alpha value is -2.65. The van der Waals surface area contributed by atoms with Crippen LogP contribution in [-0.2, 0) is 4.74 Å². The van der Waals surface area contributed by atoms with Gasteiger partial charge in [-0.1, -0.05) is 0 Å². The van der Waals surface area contributed by atoms with Gasteiger partial charge in [-0.25, -0.2) is 4.98 Å². The molecule has 1 aromatic heterocycles. The normalized spacial score (nSPS) is 18.2. The van der Waals surface area contributed by atoms with Gasteiger partial charge in [-0.15, -0.1) is 0 Å². The molecule has 0 spiro atoms. The second-order valence-electron chi connectivity index (χ2n) is 4.74. The summed E-state index contributed by atoms with van der Waals surface area (Å²) in [4.78, 5) is 18.0. The molecule has 6 heteroatoms. The van der Waals surface area contributed by atoms with Crippen LogP contribution in [-0.4, -0.2) is 46.2 Å². The molecular weight excluding hydrogens is 268 g/mol. The number of nitrogens with zero attached hydrogens (tertiary/aromatic N) is 4. The minimum Gasteiger partial charge on any atom is -0.376 e. The lowest BCUT2D eigenvalue weighted by Crippen LogP contribution is -2.47. The zero-order valence-electron chi connectivity index (χ0n) is 11.3. The predicted octanol–water partition coefficient (Wildman–Crippen LogP) is 1.24. The molecule has 1 fully saturated rings. The zero-order chi connectivity index (χ0) is 14.7. The van der Waals surface area contributed by atoms with E-state index in [1.807, 2.05) is 22.9 Å². The lowest BCUT2D eigenvalue weighted by atomic mass is 10.1. The summed E-state index contributed by atoms with van der Waals surface area (Å²) in [6.45, 7) is 1.19. The van der Waals surface area contributed by atoms with E-state index >= 15 is 0 Å².